The first kappa shape index (κ1) is 18.2. The number of aryl methyl sites for hydroxylation is 1. The molecule has 4 N–H and O–H groups in total. The molecular formula is C19H29N7O. The zero-order chi connectivity index (χ0) is 19.1. The molecule has 8 nitrogen and oxygen atoms in total. The third-order valence-corrected chi connectivity index (χ3v) is 5.67. The van der Waals surface area contributed by atoms with E-state index in [1.54, 1.807) is 6.92 Å². The number of nitrogens with two attached hydrogens (primary N) is 2. The fourth-order valence-electron chi connectivity index (χ4n) is 4.25. The Morgan fingerprint density at radius 1 is 1.30 bits per heavy atom. The van der Waals surface area contributed by atoms with Crippen molar-refractivity contribution in [3.8, 4) is 0 Å². The van der Waals surface area contributed by atoms with E-state index in [0.717, 1.165) is 68.0 Å². The topological polar surface area (TPSA) is 106 Å². The maximum absolute atomic E-state index is 12.5. The van der Waals surface area contributed by atoms with Crippen molar-refractivity contribution in [2.45, 2.75) is 57.7 Å². The molecule has 2 aromatic heterocycles. The van der Waals surface area contributed by atoms with E-state index in [1.165, 1.54) is 0 Å². The molecule has 1 unspecified atom stereocenters. The molecule has 0 spiro atoms. The van der Waals surface area contributed by atoms with Gasteiger partial charge in [0.1, 0.15) is 5.82 Å². The lowest BCUT2D eigenvalue weighted by Crippen LogP contribution is -2.46. The highest BCUT2D eigenvalue weighted by Gasteiger charge is 2.31. The van der Waals surface area contributed by atoms with Gasteiger partial charge in [0.05, 0.1) is 17.8 Å². The molecule has 2 saturated heterocycles. The summed E-state index contributed by atoms with van der Waals surface area (Å²) in [4.78, 5) is 21.5. The SMILES string of the molecule is Cc1cn2nc([C@@H]3CCCCN3C(=O)C(C)N)cc2nc1N1CC[C@H](N)C1. The van der Waals surface area contributed by atoms with Gasteiger partial charge in [0.15, 0.2) is 5.65 Å². The maximum atomic E-state index is 12.5. The fraction of sp³-hybridized carbons (Fsp3) is 0.632. The number of anilines is 1. The second-order valence-corrected chi connectivity index (χ2v) is 7.95. The molecule has 2 aromatic rings. The summed E-state index contributed by atoms with van der Waals surface area (Å²) in [5.74, 6) is 0.974. The van der Waals surface area contributed by atoms with E-state index >= 15 is 0 Å². The molecule has 27 heavy (non-hydrogen) atoms. The van der Waals surface area contributed by atoms with E-state index in [2.05, 4.69) is 11.8 Å². The lowest BCUT2D eigenvalue weighted by molar-refractivity contribution is -0.136. The molecule has 2 aliphatic heterocycles. The summed E-state index contributed by atoms with van der Waals surface area (Å²) in [5.41, 5.74) is 14.7. The van der Waals surface area contributed by atoms with Crippen molar-refractivity contribution < 1.29 is 4.79 Å². The number of hydrogen-bond donors (Lipinski definition) is 2. The molecule has 2 aliphatic rings. The average molecular weight is 371 g/mol. The Bertz CT molecular complexity index is 846. The average Bonchev–Trinajstić information content (AvgIpc) is 3.25. The lowest BCUT2D eigenvalue weighted by atomic mass is 9.98. The van der Waals surface area contributed by atoms with E-state index in [9.17, 15) is 4.79 Å². The largest absolute Gasteiger partial charge is 0.355 e. The molecule has 4 rings (SSSR count). The number of hydrogen-bond acceptors (Lipinski definition) is 6. The van der Waals surface area contributed by atoms with Gasteiger partial charge in [-0.3, -0.25) is 4.79 Å². The van der Waals surface area contributed by atoms with Crippen molar-refractivity contribution in [3.63, 3.8) is 0 Å². The van der Waals surface area contributed by atoms with Crippen LogP contribution in [0, 0.1) is 6.92 Å². The summed E-state index contributed by atoms with van der Waals surface area (Å²) < 4.78 is 1.83. The van der Waals surface area contributed by atoms with Gasteiger partial charge in [0.25, 0.3) is 0 Å². The Balaban J connectivity index is 1.67. The monoisotopic (exact) mass is 371 g/mol. The second kappa shape index (κ2) is 7.09. The van der Waals surface area contributed by atoms with Crippen LogP contribution in [0.5, 0.6) is 0 Å². The minimum atomic E-state index is -0.492. The highest BCUT2D eigenvalue weighted by atomic mass is 16.2. The number of likely N-dealkylation sites (tertiary alicyclic amines) is 1. The first-order chi connectivity index (χ1) is 12.9. The summed E-state index contributed by atoms with van der Waals surface area (Å²) in [5, 5.41) is 4.75. The van der Waals surface area contributed by atoms with Crippen LogP contribution in [0.4, 0.5) is 5.82 Å². The first-order valence-electron chi connectivity index (χ1n) is 9.87. The molecule has 0 saturated carbocycles. The fourth-order valence-corrected chi connectivity index (χ4v) is 4.25. The first-order valence-corrected chi connectivity index (χ1v) is 9.87. The molecule has 1 amide bonds. The predicted octanol–water partition coefficient (Wildman–Crippen LogP) is 0.976. The molecule has 0 radical (unpaired) electrons. The van der Waals surface area contributed by atoms with E-state index in [4.69, 9.17) is 21.5 Å². The van der Waals surface area contributed by atoms with Crippen molar-refractivity contribution in [2.24, 2.45) is 11.5 Å². The number of fused-ring (bicyclic) bond motifs is 1. The van der Waals surface area contributed by atoms with Crippen LogP contribution in [-0.4, -0.2) is 57.1 Å². The van der Waals surface area contributed by atoms with Crippen molar-refractivity contribution in [1.29, 1.82) is 0 Å². The lowest BCUT2D eigenvalue weighted by Gasteiger charge is -2.35. The molecule has 0 bridgehead atoms. The minimum absolute atomic E-state index is 0.00682. The van der Waals surface area contributed by atoms with Crippen molar-refractivity contribution in [2.75, 3.05) is 24.5 Å². The zero-order valence-corrected chi connectivity index (χ0v) is 16.1. The summed E-state index contributed by atoms with van der Waals surface area (Å²) in [6.07, 6.45) is 6.03. The minimum Gasteiger partial charge on any atom is -0.355 e. The van der Waals surface area contributed by atoms with Crippen LogP contribution in [0.2, 0.25) is 0 Å². The van der Waals surface area contributed by atoms with Gasteiger partial charge in [0.2, 0.25) is 5.91 Å². The Hall–Kier alpha value is -2.19. The van der Waals surface area contributed by atoms with Gasteiger partial charge in [-0.25, -0.2) is 9.50 Å². The number of carbonyl (C=O) groups is 1. The van der Waals surface area contributed by atoms with Crippen LogP contribution >= 0.6 is 0 Å². The molecule has 2 fully saturated rings. The third kappa shape index (κ3) is 3.39. The Labute approximate surface area is 159 Å². The standard InChI is InChI=1S/C19H29N7O/c1-12-10-26-17(22-18(12)24-8-6-14(21)11-24)9-15(23-26)16-5-3-4-7-25(16)19(27)13(2)20/h9-10,13-14,16H,3-8,11,20-21H2,1-2H3/t13?,14-,16-/m0/s1. The van der Waals surface area contributed by atoms with Crippen molar-refractivity contribution in [3.05, 3.63) is 23.5 Å². The van der Waals surface area contributed by atoms with Crippen molar-refractivity contribution in [1.82, 2.24) is 19.5 Å². The number of rotatable bonds is 3. The van der Waals surface area contributed by atoms with Crippen LogP contribution in [0.1, 0.15) is 49.9 Å². The van der Waals surface area contributed by atoms with Gasteiger partial charge < -0.3 is 21.3 Å². The summed E-state index contributed by atoms with van der Waals surface area (Å²) in [6.45, 7) is 6.31. The second-order valence-electron chi connectivity index (χ2n) is 7.95. The molecule has 3 atom stereocenters. The molecule has 0 aliphatic carbocycles. The Morgan fingerprint density at radius 3 is 2.81 bits per heavy atom. The molecule has 4 heterocycles. The number of piperidine rings is 1. The van der Waals surface area contributed by atoms with Gasteiger partial charge in [-0.15, -0.1) is 0 Å². The van der Waals surface area contributed by atoms with Crippen LogP contribution in [0.3, 0.4) is 0 Å². The quantitative estimate of drug-likeness (QED) is 0.833. The zero-order valence-electron chi connectivity index (χ0n) is 16.1. The summed E-state index contributed by atoms with van der Waals surface area (Å²) in [6, 6.07) is 1.70. The number of aromatic nitrogens is 3. The van der Waals surface area contributed by atoms with Gasteiger partial charge in [-0.05, 0) is 39.5 Å². The van der Waals surface area contributed by atoms with Gasteiger partial charge in [-0.2, -0.15) is 5.10 Å². The normalized spacial score (nSPS) is 24.6. The predicted molar refractivity (Wildman–Crippen MR) is 104 cm³/mol. The molecular weight excluding hydrogens is 342 g/mol. The summed E-state index contributed by atoms with van der Waals surface area (Å²) in [7, 11) is 0. The van der Waals surface area contributed by atoms with Crippen LogP contribution in [0.25, 0.3) is 5.65 Å². The van der Waals surface area contributed by atoms with E-state index in [0.29, 0.717) is 0 Å². The van der Waals surface area contributed by atoms with Crippen molar-refractivity contribution >= 4 is 17.4 Å². The van der Waals surface area contributed by atoms with E-state index < -0.39 is 6.04 Å². The van der Waals surface area contributed by atoms with Crippen LogP contribution in [-0.2, 0) is 4.79 Å². The molecule has 8 heteroatoms. The van der Waals surface area contributed by atoms with Gasteiger partial charge in [0, 0.05) is 43.5 Å². The van der Waals surface area contributed by atoms with E-state index in [1.807, 2.05) is 21.7 Å². The number of amides is 1. The maximum Gasteiger partial charge on any atom is 0.239 e. The van der Waals surface area contributed by atoms with Crippen LogP contribution < -0.4 is 16.4 Å². The third-order valence-electron chi connectivity index (χ3n) is 5.67. The molecule has 0 aromatic carbocycles. The summed E-state index contributed by atoms with van der Waals surface area (Å²) >= 11 is 0. The smallest absolute Gasteiger partial charge is 0.239 e. The number of nitrogens with zero attached hydrogens (tertiary/aromatic N) is 5. The Morgan fingerprint density at radius 2 is 2.11 bits per heavy atom. The van der Waals surface area contributed by atoms with E-state index in [-0.39, 0.29) is 18.0 Å². The highest BCUT2D eigenvalue weighted by Crippen LogP contribution is 2.31. The van der Waals surface area contributed by atoms with Gasteiger partial charge >= 0.3 is 0 Å². The number of carbonyl (C=O) groups excluding carboxylic acids is 1. The van der Waals surface area contributed by atoms with Crippen LogP contribution in [0.15, 0.2) is 12.3 Å². The Kier molecular flexibility index (Phi) is 4.77. The van der Waals surface area contributed by atoms with Gasteiger partial charge in [-0.1, -0.05) is 0 Å². The molecule has 146 valence electrons. The highest BCUT2D eigenvalue weighted by molar-refractivity contribution is 5.81.